The van der Waals surface area contributed by atoms with Gasteiger partial charge in [-0.15, -0.1) is 10.2 Å². The highest BCUT2D eigenvalue weighted by molar-refractivity contribution is 8.00. The first-order valence-electron chi connectivity index (χ1n) is 9.49. The van der Waals surface area contributed by atoms with Crippen LogP contribution in [0, 0.1) is 0 Å². The van der Waals surface area contributed by atoms with Crippen LogP contribution in [0.15, 0.2) is 73.8 Å². The molecule has 4 rings (SSSR count). The van der Waals surface area contributed by atoms with Crippen molar-refractivity contribution in [3.8, 4) is 0 Å². The van der Waals surface area contributed by atoms with Crippen molar-refractivity contribution in [2.75, 3.05) is 32.1 Å². The first-order chi connectivity index (χ1) is 14.1. The Hall–Kier alpha value is -2.52. The Morgan fingerprint density at radius 1 is 1.21 bits per heavy atom. The van der Waals surface area contributed by atoms with Gasteiger partial charge in [0.25, 0.3) is 0 Å². The van der Waals surface area contributed by atoms with Crippen LogP contribution in [0.2, 0.25) is 0 Å². The average Bonchev–Trinajstić information content (AvgIpc) is 3.30. The topological polar surface area (TPSA) is 68.8 Å². The van der Waals surface area contributed by atoms with Gasteiger partial charge in [0.05, 0.1) is 11.4 Å². The Morgan fingerprint density at radius 2 is 2.03 bits per heavy atom. The average molecular weight is 426 g/mol. The number of allylic oxidation sites excluding steroid dienone is 1. The largest absolute Gasteiger partial charge is 0.377 e. The van der Waals surface area contributed by atoms with Crippen LogP contribution in [-0.4, -0.2) is 42.4 Å². The predicted octanol–water partition coefficient (Wildman–Crippen LogP) is 5.78. The van der Waals surface area contributed by atoms with E-state index in [4.69, 9.17) is 0 Å². The van der Waals surface area contributed by atoms with Crippen molar-refractivity contribution in [3.63, 3.8) is 0 Å². The van der Waals surface area contributed by atoms with Gasteiger partial charge in [0, 0.05) is 50.4 Å². The zero-order valence-corrected chi connectivity index (χ0v) is 18.3. The Morgan fingerprint density at radius 3 is 2.72 bits per heavy atom. The third-order valence-electron chi connectivity index (χ3n) is 4.66. The Labute approximate surface area is 179 Å². The van der Waals surface area contributed by atoms with Crippen molar-refractivity contribution in [1.82, 2.24) is 9.88 Å². The molecule has 150 valence electrons. The second-order valence-corrected chi connectivity index (χ2v) is 9.06. The number of thiazole rings is 1. The lowest BCUT2D eigenvalue weighted by molar-refractivity contribution is 0.501. The molecule has 2 aliphatic heterocycles. The van der Waals surface area contributed by atoms with Crippen LogP contribution in [-0.2, 0) is 6.42 Å². The maximum absolute atomic E-state index is 4.60. The van der Waals surface area contributed by atoms with Crippen molar-refractivity contribution in [2.45, 2.75) is 23.7 Å². The molecule has 1 unspecified atom stereocenters. The maximum Gasteiger partial charge on any atom is 0.231 e. The zero-order valence-electron chi connectivity index (χ0n) is 16.7. The molecule has 0 fully saturated rings. The Kier molecular flexibility index (Phi) is 6.05. The van der Waals surface area contributed by atoms with E-state index in [1.165, 1.54) is 10.6 Å². The van der Waals surface area contributed by atoms with Crippen LogP contribution >= 0.6 is 23.1 Å². The first kappa shape index (κ1) is 19.8. The summed E-state index contributed by atoms with van der Waals surface area (Å²) < 4.78 is 0. The number of hydrogen-bond acceptors (Lipinski definition) is 9. The summed E-state index contributed by atoms with van der Waals surface area (Å²) >= 11 is 3.23. The van der Waals surface area contributed by atoms with E-state index < -0.39 is 0 Å². The van der Waals surface area contributed by atoms with Gasteiger partial charge in [0.15, 0.2) is 0 Å². The molecule has 0 amide bonds. The van der Waals surface area contributed by atoms with Crippen molar-refractivity contribution in [1.29, 1.82) is 0 Å². The van der Waals surface area contributed by atoms with E-state index in [2.05, 4.69) is 67.4 Å². The van der Waals surface area contributed by atoms with E-state index >= 15 is 0 Å². The number of hydrogen-bond donors (Lipinski definition) is 0. The molecule has 1 aromatic heterocycles. The van der Waals surface area contributed by atoms with E-state index in [0.717, 1.165) is 35.9 Å². The second kappa shape index (κ2) is 8.87. The summed E-state index contributed by atoms with van der Waals surface area (Å²) in [4.78, 5) is 10.1. The van der Waals surface area contributed by atoms with Gasteiger partial charge in [-0.3, -0.25) is 0 Å². The summed E-state index contributed by atoms with van der Waals surface area (Å²) in [6.45, 7) is 3.96. The first-order valence-corrected chi connectivity index (χ1v) is 11.2. The molecular formula is C20H23N7S2. The fourth-order valence-electron chi connectivity index (χ4n) is 2.82. The number of benzene rings is 1. The Balaban J connectivity index is 1.34. The number of likely N-dealkylation sites (N-methyl/N-ethyl adjacent to an activating group) is 1. The summed E-state index contributed by atoms with van der Waals surface area (Å²) in [6.07, 6.45) is 6.90. The van der Waals surface area contributed by atoms with E-state index in [0.29, 0.717) is 5.13 Å². The van der Waals surface area contributed by atoms with Gasteiger partial charge in [-0.25, -0.2) is 4.98 Å². The molecule has 7 nitrogen and oxygen atoms in total. The number of fused-ring (bicyclic) bond motifs is 1. The van der Waals surface area contributed by atoms with Gasteiger partial charge in [-0.05, 0) is 43.3 Å². The molecule has 0 saturated heterocycles. The summed E-state index contributed by atoms with van der Waals surface area (Å²) in [5.74, 6) is 0. The van der Waals surface area contributed by atoms with Crippen LogP contribution < -0.4 is 4.90 Å². The van der Waals surface area contributed by atoms with Gasteiger partial charge >= 0.3 is 0 Å². The van der Waals surface area contributed by atoms with Crippen molar-refractivity contribution >= 4 is 39.6 Å². The van der Waals surface area contributed by atoms with Crippen molar-refractivity contribution < 1.29 is 0 Å². The highest BCUT2D eigenvalue weighted by Gasteiger charge is 2.26. The lowest BCUT2D eigenvalue weighted by Crippen LogP contribution is -2.15. The van der Waals surface area contributed by atoms with E-state index in [9.17, 15) is 0 Å². The molecule has 0 N–H and O–H groups in total. The molecule has 0 radical (unpaired) electrons. The fourth-order valence-corrected chi connectivity index (χ4v) is 5.02. The van der Waals surface area contributed by atoms with Gasteiger partial charge in [-0.1, -0.05) is 23.1 Å². The quantitative estimate of drug-likeness (QED) is 0.550. The van der Waals surface area contributed by atoms with Crippen LogP contribution in [0.1, 0.15) is 11.8 Å². The van der Waals surface area contributed by atoms with E-state index in [1.807, 2.05) is 31.5 Å². The van der Waals surface area contributed by atoms with E-state index in [-0.39, 0.29) is 5.37 Å². The zero-order chi connectivity index (χ0) is 20.2. The van der Waals surface area contributed by atoms with Gasteiger partial charge in [-0.2, -0.15) is 10.2 Å². The normalized spacial score (nSPS) is 18.7. The minimum absolute atomic E-state index is 0.0896. The second-order valence-electron chi connectivity index (χ2n) is 6.83. The van der Waals surface area contributed by atoms with Crippen LogP contribution in [0.25, 0.3) is 0 Å². The molecule has 9 heteroatoms. The summed E-state index contributed by atoms with van der Waals surface area (Å²) in [5.41, 5.74) is 2.91. The predicted molar refractivity (Wildman–Crippen MR) is 120 cm³/mol. The molecule has 1 aromatic carbocycles. The number of anilines is 1. The molecule has 0 bridgehead atoms. The van der Waals surface area contributed by atoms with Gasteiger partial charge < -0.3 is 9.80 Å². The standard InChI is InChI=1S/C20H23N7S2/c1-4-27(3)16-7-5-14(6-8-16)23-25-20-21-19-17(28-20)13-18(29-19)24-22-15-9-11-26(2)12-10-15/h5-11,18H,4,12-13H2,1-3H3. The smallest absolute Gasteiger partial charge is 0.231 e. The summed E-state index contributed by atoms with van der Waals surface area (Å²) in [5, 5.41) is 19.3. The summed E-state index contributed by atoms with van der Waals surface area (Å²) in [7, 11) is 4.10. The number of nitrogens with zero attached hydrogens (tertiary/aromatic N) is 7. The SMILES string of the molecule is CCN(C)c1ccc(N=Nc2nc3c(s2)CC(N=NC2=CCN(C)C=C2)S3)cc1. The molecule has 0 saturated carbocycles. The third kappa shape index (κ3) is 4.91. The molecule has 3 heterocycles. The number of thioether (sulfide) groups is 1. The Bertz CT molecular complexity index is 952. The molecule has 2 aromatic rings. The van der Waals surface area contributed by atoms with Gasteiger partial charge in [0.1, 0.15) is 10.4 Å². The number of azo groups is 2. The molecule has 2 aliphatic rings. The van der Waals surface area contributed by atoms with Crippen LogP contribution in [0.5, 0.6) is 0 Å². The van der Waals surface area contributed by atoms with E-state index in [1.54, 1.807) is 23.1 Å². The lowest BCUT2D eigenvalue weighted by atomic mass is 10.2. The highest BCUT2D eigenvalue weighted by atomic mass is 32.2. The summed E-state index contributed by atoms with van der Waals surface area (Å²) in [6, 6.07) is 8.06. The minimum atomic E-state index is 0.0896. The number of rotatable bonds is 6. The van der Waals surface area contributed by atoms with Crippen molar-refractivity contribution in [2.24, 2.45) is 20.5 Å². The fraction of sp³-hybridized carbons (Fsp3) is 0.350. The maximum atomic E-state index is 4.60. The van der Waals surface area contributed by atoms with Crippen LogP contribution in [0.3, 0.4) is 0 Å². The lowest BCUT2D eigenvalue weighted by Gasteiger charge is -2.16. The van der Waals surface area contributed by atoms with Crippen LogP contribution in [0.4, 0.5) is 16.5 Å². The molecule has 0 spiro atoms. The van der Waals surface area contributed by atoms with Gasteiger partial charge in [0.2, 0.25) is 5.13 Å². The monoisotopic (exact) mass is 425 g/mol. The molecule has 1 atom stereocenters. The molecular weight excluding hydrogens is 402 g/mol. The molecule has 0 aliphatic carbocycles. The highest BCUT2D eigenvalue weighted by Crippen LogP contribution is 2.43. The molecule has 29 heavy (non-hydrogen) atoms. The van der Waals surface area contributed by atoms with Crippen molar-refractivity contribution in [3.05, 3.63) is 53.2 Å². The number of aromatic nitrogens is 1. The third-order valence-corrected chi connectivity index (χ3v) is 6.85. The minimum Gasteiger partial charge on any atom is -0.377 e.